The van der Waals surface area contributed by atoms with Gasteiger partial charge in [0.1, 0.15) is 0 Å². The zero-order valence-corrected chi connectivity index (χ0v) is 21.6. The van der Waals surface area contributed by atoms with Gasteiger partial charge in [0.2, 0.25) is 0 Å². The Balaban J connectivity index is 1.01. The minimum atomic E-state index is -0.374. The van der Waals surface area contributed by atoms with Crippen molar-refractivity contribution in [1.29, 1.82) is 0 Å². The predicted molar refractivity (Wildman–Crippen MR) is 134 cm³/mol. The molecular formula is C31H44O4. The van der Waals surface area contributed by atoms with Gasteiger partial charge in [0.15, 0.2) is 11.6 Å². The fourth-order valence-corrected chi connectivity index (χ4v) is 9.96. The third kappa shape index (κ3) is 3.25. The Hall–Kier alpha value is -0.680. The van der Waals surface area contributed by atoms with Crippen LogP contribution in [0.3, 0.4) is 0 Å². The van der Waals surface area contributed by atoms with Crippen molar-refractivity contribution >= 4 is 0 Å². The van der Waals surface area contributed by atoms with E-state index in [2.05, 4.69) is 0 Å². The molecule has 4 atom stereocenters. The summed E-state index contributed by atoms with van der Waals surface area (Å²) < 4.78 is 27.7. The summed E-state index contributed by atoms with van der Waals surface area (Å²) in [5.41, 5.74) is 6.91. The Morgan fingerprint density at radius 1 is 0.571 bits per heavy atom. The maximum atomic E-state index is 6.94. The summed E-state index contributed by atoms with van der Waals surface area (Å²) in [5, 5.41) is 0. The van der Waals surface area contributed by atoms with E-state index in [1.165, 1.54) is 96.3 Å². The molecule has 0 radical (unpaired) electrons. The summed E-state index contributed by atoms with van der Waals surface area (Å²) in [4.78, 5) is 0. The van der Waals surface area contributed by atoms with Gasteiger partial charge in [-0.1, -0.05) is 35.1 Å². The second-order valence-corrected chi connectivity index (χ2v) is 13.6. The molecule has 2 heterocycles. The van der Waals surface area contributed by atoms with E-state index in [1.54, 1.807) is 16.7 Å². The maximum Gasteiger partial charge on any atom is 0.177 e. The molecule has 0 aromatic carbocycles. The first-order chi connectivity index (χ1) is 17.2. The molecular weight excluding hydrogens is 436 g/mol. The van der Waals surface area contributed by atoms with Crippen LogP contribution in [-0.2, 0) is 18.9 Å². The molecule has 0 aromatic heterocycles. The first-order valence-electron chi connectivity index (χ1n) is 15.2. The van der Waals surface area contributed by atoms with Gasteiger partial charge in [-0.15, -0.1) is 0 Å². The highest BCUT2D eigenvalue weighted by Crippen LogP contribution is 2.59. The Morgan fingerprint density at radius 3 is 2.06 bits per heavy atom. The molecule has 4 nitrogen and oxygen atoms in total. The van der Waals surface area contributed by atoms with Gasteiger partial charge >= 0.3 is 0 Å². The normalized spacial score (nSPS) is 49.4. The predicted octanol–water partition coefficient (Wildman–Crippen LogP) is 6.84. The number of ether oxygens (including phenoxy) is 4. The Labute approximate surface area is 211 Å². The zero-order chi connectivity index (χ0) is 23.1. The number of rotatable bonds is 0. The highest BCUT2D eigenvalue weighted by molar-refractivity contribution is 5.31. The average molecular weight is 481 g/mol. The minimum Gasteiger partial charge on any atom is -0.348 e. The van der Waals surface area contributed by atoms with E-state index >= 15 is 0 Å². The third-order valence-electron chi connectivity index (χ3n) is 11.7. The van der Waals surface area contributed by atoms with Crippen molar-refractivity contribution in [2.75, 3.05) is 26.4 Å². The molecule has 0 N–H and O–H groups in total. The van der Waals surface area contributed by atoms with E-state index in [0.717, 1.165) is 32.8 Å². The zero-order valence-electron chi connectivity index (χ0n) is 21.6. The molecule has 192 valence electrons. The van der Waals surface area contributed by atoms with Gasteiger partial charge in [-0.2, -0.15) is 0 Å². The van der Waals surface area contributed by atoms with Crippen LogP contribution in [0.25, 0.3) is 0 Å². The van der Waals surface area contributed by atoms with Gasteiger partial charge in [-0.3, -0.25) is 0 Å². The van der Waals surface area contributed by atoms with Crippen LogP contribution < -0.4 is 0 Å². The van der Waals surface area contributed by atoms with E-state index in [0.29, 0.717) is 23.7 Å². The van der Waals surface area contributed by atoms with Crippen molar-refractivity contribution in [3.8, 4) is 0 Å². The summed E-state index contributed by atoms with van der Waals surface area (Å²) in [6.45, 7) is 2.94. The average Bonchev–Trinajstić information content (AvgIpc) is 3.19. The van der Waals surface area contributed by atoms with E-state index < -0.39 is 0 Å². The van der Waals surface area contributed by atoms with Gasteiger partial charge in [-0.05, 0) is 89.4 Å². The molecule has 35 heavy (non-hydrogen) atoms. The molecule has 7 aliphatic carbocycles. The Morgan fingerprint density at radius 2 is 1.23 bits per heavy atom. The maximum absolute atomic E-state index is 6.94. The molecule has 4 fully saturated rings. The quantitative estimate of drug-likeness (QED) is 0.356. The fourth-order valence-electron chi connectivity index (χ4n) is 9.96. The molecule has 9 aliphatic rings. The summed E-state index contributed by atoms with van der Waals surface area (Å²) in [5.74, 6) is 1.48. The molecule has 2 saturated carbocycles. The van der Waals surface area contributed by atoms with E-state index in [9.17, 15) is 0 Å². The standard InChI is InChI=1S/C31H44O4/c1-2-11-25-21(7-1)15-23-9-6-14-28(25)31(23)34-19-29(20-35-31)17-32-30(33-18-29)16-22-8-5-13-27(30)26-12-4-3-10-24(22)26/h22-23,27-28H,1-20H2/t22-,23-,27+,28-,29?,30?,31?/m0/s1. The first-order valence-corrected chi connectivity index (χ1v) is 15.2. The van der Waals surface area contributed by atoms with Crippen molar-refractivity contribution < 1.29 is 18.9 Å². The molecule has 0 amide bonds. The van der Waals surface area contributed by atoms with Crippen LogP contribution in [0.2, 0.25) is 0 Å². The van der Waals surface area contributed by atoms with E-state index in [-0.39, 0.29) is 17.0 Å². The topological polar surface area (TPSA) is 36.9 Å². The van der Waals surface area contributed by atoms with Crippen molar-refractivity contribution in [3.05, 3.63) is 22.3 Å². The Kier molecular flexibility index (Phi) is 5.20. The van der Waals surface area contributed by atoms with Gasteiger partial charge in [0.05, 0.1) is 31.8 Å². The smallest absolute Gasteiger partial charge is 0.177 e. The van der Waals surface area contributed by atoms with Crippen molar-refractivity contribution in [1.82, 2.24) is 0 Å². The molecule has 4 heteroatoms. The third-order valence-corrected chi connectivity index (χ3v) is 11.7. The lowest BCUT2D eigenvalue weighted by Crippen LogP contribution is -2.65. The largest absolute Gasteiger partial charge is 0.348 e. The number of hydrogen-bond donors (Lipinski definition) is 0. The second kappa shape index (κ2) is 8.16. The molecule has 4 bridgehead atoms. The van der Waals surface area contributed by atoms with Crippen LogP contribution in [0.4, 0.5) is 0 Å². The Bertz CT molecular complexity index is 928. The lowest BCUT2D eigenvalue weighted by Gasteiger charge is -2.60. The fraction of sp³-hybridized carbons (Fsp3) is 0.871. The van der Waals surface area contributed by atoms with Gasteiger partial charge in [0.25, 0.3) is 0 Å². The van der Waals surface area contributed by atoms with Crippen LogP contribution in [0, 0.1) is 29.1 Å². The van der Waals surface area contributed by atoms with Crippen LogP contribution in [0.15, 0.2) is 22.3 Å². The first kappa shape index (κ1) is 22.3. The lowest BCUT2D eigenvalue weighted by molar-refractivity contribution is -0.400. The second-order valence-electron chi connectivity index (χ2n) is 13.6. The van der Waals surface area contributed by atoms with Crippen molar-refractivity contribution in [3.63, 3.8) is 0 Å². The molecule has 2 aliphatic heterocycles. The number of hydrogen-bond acceptors (Lipinski definition) is 4. The van der Waals surface area contributed by atoms with Crippen LogP contribution >= 0.6 is 0 Å². The highest BCUT2D eigenvalue weighted by atomic mass is 16.7. The minimum absolute atomic E-state index is 0.138. The molecule has 0 aromatic rings. The van der Waals surface area contributed by atoms with Crippen molar-refractivity contribution in [2.45, 2.75) is 114 Å². The lowest BCUT2D eigenvalue weighted by atomic mass is 9.61. The highest BCUT2D eigenvalue weighted by Gasteiger charge is 2.61. The molecule has 9 rings (SSSR count). The summed E-state index contributed by atoms with van der Waals surface area (Å²) in [7, 11) is 0. The van der Waals surface area contributed by atoms with Crippen LogP contribution in [-0.4, -0.2) is 38.0 Å². The van der Waals surface area contributed by atoms with Crippen LogP contribution in [0.1, 0.15) is 103 Å². The van der Waals surface area contributed by atoms with E-state index in [1.807, 2.05) is 5.57 Å². The van der Waals surface area contributed by atoms with Gasteiger partial charge in [0, 0.05) is 24.2 Å². The van der Waals surface area contributed by atoms with Crippen molar-refractivity contribution in [2.24, 2.45) is 29.1 Å². The summed E-state index contributed by atoms with van der Waals surface area (Å²) in [6.07, 6.45) is 20.8. The molecule has 2 saturated heterocycles. The van der Waals surface area contributed by atoms with Gasteiger partial charge in [-0.25, -0.2) is 0 Å². The number of allylic oxidation sites excluding steroid dienone is 2. The van der Waals surface area contributed by atoms with Crippen LogP contribution in [0.5, 0.6) is 0 Å². The monoisotopic (exact) mass is 480 g/mol. The summed E-state index contributed by atoms with van der Waals surface area (Å²) >= 11 is 0. The SMILES string of the molecule is C1CCC2=C(C1)C[C@@H]1CCC[C@@H]2C12OCC1(COC3(C[C@@H]4CCC[C@@H]3C3=C4CCCC3)OC1)CO2. The molecule has 0 unspecified atom stereocenters. The molecule has 3 spiro atoms. The summed E-state index contributed by atoms with van der Waals surface area (Å²) in [6, 6.07) is 0. The number of fused-ring (bicyclic) bond motifs is 3. The van der Waals surface area contributed by atoms with Gasteiger partial charge < -0.3 is 18.9 Å². The van der Waals surface area contributed by atoms with E-state index in [4.69, 9.17) is 18.9 Å².